The lowest BCUT2D eigenvalue weighted by Crippen LogP contribution is -2.24. The summed E-state index contributed by atoms with van der Waals surface area (Å²) in [5, 5.41) is 0.977. The van der Waals surface area contributed by atoms with Crippen LogP contribution in [0.15, 0.2) is 23.4 Å². The number of hydrogen-bond acceptors (Lipinski definition) is 6. The maximum atomic E-state index is 13.3. The summed E-state index contributed by atoms with van der Waals surface area (Å²) in [6.45, 7) is 2.97. The number of rotatable bonds is 5. The van der Waals surface area contributed by atoms with Crippen molar-refractivity contribution in [3.8, 4) is 0 Å². The Hall–Kier alpha value is -1.99. The van der Waals surface area contributed by atoms with Gasteiger partial charge in [0.15, 0.2) is 0 Å². The first-order valence-corrected chi connectivity index (χ1v) is 11.0. The van der Waals surface area contributed by atoms with E-state index in [1.807, 2.05) is 29.6 Å². The fourth-order valence-electron chi connectivity index (χ4n) is 4.16. The third kappa shape index (κ3) is 3.53. The molecule has 0 N–H and O–H groups in total. The van der Waals surface area contributed by atoms with E-state index in [0.29, 0.717) is 10.8 Å². The molecule has 3 heterocycles. The van der Waals surface area contributed by atoms with E-state index in [9.17, 15) is 4.79 Å². The average molecular weight is 401 g/mol. The average Bonchev–Trinajstić information content (AvgIpc) is 2.92. The van der Waals surface area contributed by atoms with Crippen molar-refractivity contribution in [3.05, 3.63) is 28.9 Å². The van der Waals surface area contributed by atoms with Crippen molar-refractivity contribution in [3.63, 3.8) is 0 Å². The minimum Gasteiger partial charge on any atom is -0.378 e. The smallest absolute Gasteiger partial charge is 0.271 e. The molecule has 2 unspecified atom stereocenters. The van der Waals surface area contributed by atoms with Gasteiger partial charge in [0.05, 0.1) is 29.0 Å². The van der Waals surface area contributed by atoms with Gasteiger partial charge in [-0.05, 0) is 44.6 Å². The topological polar surface area (TPSA) is 60.2 Å². The first kappa shape index (κ1) is 19.3. The minimum absolute atomic E-state index is 0.0654. The summed E-state index contributed by atoms with van der Waals surface area (Å²) in [5.74, 6) is 0. The summed E-state index contributed by atoms with van der Waals surface area (Å²) in [4.78, 5) is 25.4. The number of pyridine rings is 1. The number of nitrogens with zero attached hydrogens (tertiary/aromatic N) is 4. The van der Waals surface area contributed by atoms with Crippen LogP contribution in [-0.4, -0.2) is 41.3 Å². The summed E-state index contributed by atoms with van der Waals surface area (Å²) in [5.41, 5.74) is 1.89. The predicted octanol–water partition coefficient (Wildman–Crippen LogP) is 4.37. The quantitative estimate of drug-likeness (QED) is 0.595. The summed E-state index contributed by atoms with van der Waals surface area (Å²) < 4.78 is 8.53. The van der Waals surface area contributed by atoms with Crippen LogP contribution in [-0.2, 0) is 4.74 Å². The first-order valence-electron chi connectivity index (χ1n) is 10.2. The molecular formula is C21H28N4O2S. The summed E-state index contributed by atoms with van der Waals surface area (Å²) in [6, 6.07) is 2.18. The van der Waals surface area contributed by atoms with Crippen LogP contribution in [0.1, 0.15) is 51.5 Å². The summed E-state index contributed by atoms with van der Waals surface area (Å²) >= 11 is 1.46. The van der Waals surface area contributed by atoms with Gasteiger partial charge in [-0.3, -0.25) is 9.36 Å². The number of fused-ring (bicyclic) bond motifs is 3. The molecule has 0 aliphatic heterocycles. The van der Waals surface area contributed by atoms with Crippen LogP contribution in [0.2, 0.25) is 0 Å². The van der Waals surface area contributed by atoms with Gasteiger partial charge >= 0.3 is 0 Å². The predicted molar refractivity (Wildman–Crippen MR) is 116 cm³/mol. The molecule has 150 valence electrons. The maximum Gasteiger partial charge on any atom is 0.271 e. The largest absolute Gasteiger partial charge is 0.378 e. The molecule has 0 amide bonds. The molecule has 1 aliphatic rings. The lowest BCUT2D eigenvalue weighted by atomic mass is 10.1. The Balaban J connectivity index is 1.70. The van der Waals surface area contributed by atoms with E-state index in [0.717, 1.165) is 66.6 Å². The molecule has 0 spiro atoms. The Labute approximate surface area is 169 Å². The molecule has 1 aliphatic carbocycles. The van der Waals surface area contributed by atoms with Crippen molar-refractivity contribution in [2.75, 3.05) is 25.6 Å². The third-order valence-electron chi connectivity index (χ3n) is 5.60. The van der Waals surface area contributed by atoms with Gasteiger partial charge in [-0.2, -0.15) is 0 Å². The van der Waals surface area contributed by atoms with E-state index in [2.05, 4.69) is 11.9 Å². The normalized spacial score (nSPS) is 20.5. The Bertz CT molecular complexity index is 1030. The second-order valence-electron chi connectivity index (χ2n) is 7.80. The lowest BCUT2D eigenvalue weighted by molar-refractivity contribution is 0.0430. The van der Waals surface area contributed by atoms with E-state index in [-0.39, 0.29) is 11.6 Å². The standard InChI is InChI=1S/C21H28N4O2S/c1-4-12-27-15-7-5-6-14(8-9-15)25-13-23-18-17-16(24(2)3)10-11-22-20(17)28-19(18)21(25)26/h10-11,13-15H,4-9,12H2,1-3H3. The van der Waals surface area contributed by atoms with E-state index >= 15 is 0 Å². The van der Waals surface area contributed by atoms with Crippen molar-refractivity contribution in [2.24, 2.45) is 0 Å². The highest BCUT2D eigenvalue weighted by Gasteiger charge is 2.23. The van der Waals surface area contributed by atoms with Crippen molar-refractivity contribution < 1.29 is 4.74 Å². The number of anilines is 1. The van der Waals surface area contributed by atoms with Gasteiger partial charge in [0.1, 0.15) is 9.53 Å². The van der Waals surface area contributed by atoms with Crippen molar-refractivity contribution in [1.29, 1.82) is 0 Å². The molecule has 0 bridgehead atoms. The van der Waals surface area contributed by atoms with Crippen LogP contribution >= 0.6 is 11.3 Å². The number of hydrogen-bond donors (Lipinski definition) is 0. The second-order valence-corrected chi connectivity index (χ2v) is 8.80. The van der Waals surface area contributed by atoms with Crippen molar-refractivity contribution in [2.45, 2.75) is 57.6 Å². The van der Waals surface area contributed by atoms with E-state index in [1.165, 1.54) is 11.3 Å². The van der Waals surface area contributed by atoms with Gasteiger partial charge in [0, 0.05) is 32.9 Å². The Morgan fingerprint density at radius 2 is 2.11 bits per heavy atom. The lowest BCUT2D eigenvalue weighted by Gasteiger charge is -2.18. The highest BCUT2D eigenvalue weighted by atomic mass is 32.1. The minimum atomic E-state index is 0.0654. The fourth-order valence-corrected chi connectivity index (χ4v) is 5.21. The molecule has 0 saturated heterocycles. The highest BCUT2D eigenvalue weighted by Crippen LogP contribution is 2.36. The van der Waals surface area contributed by atoms with Gasteiger partial charge in [-0.15, -0.1) is 11.3 Å². The molecule has 6 nitrogen and oxygen atoms in total. The van der Waals surface area contributed by atoms with Crippen LogP contribution in [0.4, 0.5) is 5.69 Å². The Kier molecular flexibility index (Phi) is 5.64. The molecule has 1 saturated carbocycles. The van der Waals surface area contributed by atoms with Crippen molar-refractivity contribution >= 4 is 37.5 Å². The van der Waals surface area contributed by atoms with Gasteiger partial charge in [-0.1, -0.05) is 6.92 Å². The van der Waals surface area contributed by atoms with Crippen LogP contribution in [0.3, 0.4) is 0 Å². The van der Waals surface area contributed by atoms with E-state index in [1.54, 1.807) is 12.5 Å². The zero-order valence-corrected chi connectivity index (χ0v) is 17.7. The monoisotopic (exact) mass is 400 g/mol. The molecule has 2 atom stereocenters. The van der Waals surface area contributed by atoms with Crippen LogP contribution < -0.4 is 10.5 Å². The van der Waals surface area contributed by atoms with E-state index in [4.69, 9.17) is 9.72 Å². The van der Waals surface area contributed by atoms with Gasteiger partial charge in [0.2, 0.25) is 0 Å². The maximum absolute atomic E-state index is 13.3. The molecule has 7 heteroatoms. The molecule has 0 radical (unpaired) electrons. The SMILES string of the molecule is CCCOC1CCCC(n2cnc3c(sc4nccc(N(C)C)c43)c2=O)CC1. The summed E-state index contributed by atoms with van der Waals surface area (Å²) in [6.07, 6.45) is 10.1. The van der Waals surface area contributed by atoms with E-state index < -0.39 is 0 Å². The Morgan fingerprint density at radius 1 is 1.25 bits per heavy atom. The first-order chi connectivity index (χ1) is 13.6. The number of ether oxygens (including phenoxy) is 1. The number of thiophene rings is 1. The molecule has 1 fully saturated rings. The number of aromatic nitrogens is 3. The van der Waals surface area contributed by atoms with Crippen LogP contribution in [0, 0.1) is 0 Å². The summed E-state index contributed by atoms with van der Waals surface area (Å²) in [7, 11) is 4.00. The van der Waals surface area contributed by atoms with Crippen molar-refractivity contribution in [1.82, 2.24) is 14.5 Å². The Morgan fingerprint density at radius 3 is 2.89 bits per heavy atom. The molecule has 3 aromatic heterocycles. The molecule has 3 aromatic rings. The van der Waals surface area contributed by atoms with Gasteiger partial charge in [-0.25, -0.2) is 9.97 Å². The van der Waals surface area contributed by atoms with Crippen LogP contribution in [0.25, 0.3) is 20.4 Å². The zero-order valence-electron chi connectivity index (χ0n) is 16.9. The second kappa shape index (κ2) is 8.17. The molecule has 4 rings (SSSR count). The fraction of sp³-hybridized carbons (Fsp3) is 0.571. The third-order valence-corrected chi connectivity index (χ3v) is 6.68. The molecule has 28 heavy (non-hydrogen) atoms. The van der Waals surface area contributed by atoms with Gasteiger partial charge in [0.25, 0.3) is 5.56 Å². The van der Waals surface area contributed by atoms with Crippen LogP contribution in [0.5, 0.6) is 0 Å². The van der Waals surface area contributed by atoms with Gasteiger partial charge < -0.3 is 9.64 Å². The highest BCUT2D eigenvalue weighted by molar-refractivity contribution is 7.25. The molecule has 0 aromatic carbocycles. The zero-order chi connectivity index (χ0) is 19.7. The molecular weight excluding hydrogens is 372 g/mol.